The van der Waals surface area contributed by atoms with E-state index in [1.54, 1.807) is 31.4 Å². The first-order chi connectivity index (χ1) is 10.6. The molecule has 0 unspecified atom stereocenters. The number of carbonyl (C=O) groups excluding carboxylic acids is 1. The van der Waals surface area contributed by atoms with Gasteiger partial charge in [0, 0.05) is 0 Å². The minimum absolute atomic E-state index is 0.0690. The van der Waals surface area contributed by atoms with Crippen LogP contribution in [0, 0.1) is 0 Å². The Labute approximate surface area is 123 Å². The van der Waals surface area contributed by atoms with Crippen molar-refractivity contribution < 1.29 is 9.53 Å². The molecule has 2 heterocycles. The summed E-state index contributed by atoms with van der Waals surface area (Å²) in [6, 6.07) is 7.06. The summed E-state index contributed by atoms with van der Waals surface area (Å²) in [4.78, 5) is 27.2. The molecule has 2 N–H and O–H groups in total. The van der Waals surface area contributed by atoms with Gasteiger partial charge < -0.3 is 10.5 Å². The highest BCUT2D eigenvalue weighted by atomic mass is 16.5. The van der Waals surface area contributed by atoms with Crippen LogP contribution in [0.1, 0.15) is 0 Å². The normalized spacial score (nSPS) is 10.8. The zero-order valence-electron chi connectivity index (χ0n) is 11.6. The van der Waals surface area contributed by atoms with E-state index < -0.39 is 11.5 Å². The van der Waals surface area contributed by atoms with E-state index in [-0.39, 0.29) is 12.1 Å². The maximum Gasteiger partial charge on any atom is 0.284 e. The number of methoxy groups -OCH3 is 1. The van der Waals surface area contributed by atoms with E-state index in [2.05, 4.69) is 15.3 Å². The molecule has 0 aliphatic carbocycles. The molecule has 3 aromatic rings. The van der Waals surface area contributed by atoms with E-state index >= 15 is 0 Å². The van der Waals surface area contributed by atoms with Crippen molar-refractivity contribution in [2.75, 3.05) is 7.11 Å². The summed E-state index contributed by atoms with van der Waals surface area (Å²) in [6.45, 7) is -0.253. The second-order valence-corrected chi connectivity index (χ2v) is 4.52. The van der Waals surface area contributed by atoms with Gasteiger partial charge in [0.25, 0.3) is 5.56 Å². The number of hydrogen-bond acceptors (Lipinski definition) is 6. The molecule has 0 aliphatic heterocycles. The van der Waals surface area contributed by atoms with Gasteiger partial charge in [-0.25, -0.2) is 4.98 Å². The third kappa shape index (κ3) is 2.28. The minimum Gasteiger partial charge on any atom is -0.497 e. The second kappa shape index (κ2) is 5.28. The van der Waals surface area contributed by atoms with Crippen LogP contribution in [0.15, 0.2) is 35.4 Å². The second-order valence-electron chi connectivity index (χ2n) is 4.52. The van der Waals surface area contributed by atoms with Crippen molar-refractivity contribution >= 4 is 17.1 Å². The Morgan fingerprint density at radius 3 is 2.68 bits per heavy atom. The summed E-state index contributed by atoms with van der Waals surface area (Å²) >= 11 is 0. The predicted octanol–water partition coefficient (Wildman–Crippen LogP) is -0.529. The predicted molar refractivity (Wildman–Crippen MR) is 76.7 cm³/mol. The largest absolute Gasteiger partial charge is 0.497 e. The molecule has 9 heteroatoms. The van der Waals surface area contributed by atoms with Crippen LogP contribution >= 0.6 is 0 Å². The highest BCUT2D eigenvalue weighted by Crippen LogP contribution is 2.16. The third-order valence-electron chi connectivity index (χ3n) is 3.07. The van der Waals surface area contributed by atoms with Gasteiger partial charge in [-0.1, -0.05) is 5.21 Å². The first-order valence-electron chi connectivity index (χ1n) is 6.33. The van der Waals surface area contributed by atoms with E-state index in [1.165, 1.54) is 11.0 Å². The maximum atomic E-state index is 12.2. The first-order valence-corrected chi connectivity index (χ1v) is 6.33. The zero-order chi connectivity index (χ0) is 15.7. The van der Waals surface area contributed by atoms with E-state index in [4.69, 9.17) is 10.5 Å². The number of primary amides is 1. The average molecular weight is 300 g/mol. The monoisotopic (exact) mass is 300 g/mol. The van der Waals surface area contributed by atoms with Gasteiger partial charge in [0.1, 0.15) is 18.6 Å². The molecule has 22 heavy (non-hydrogen) atoms. The number of carbonyl (C=O) groups is 1. The van der Waals surface area contributed by atoms with Gasteiger partial charge in [-0.3, -0.25) is 14.2 Å². The topological polar surface area (TPSA) is 118 Å². The molecule has 3 rings (SSSR count). The van der Waals surface area contributed by atoms with Crippen molar-refractivity contribution in [2.45, 2.75) is 6.54 Å². The van der Waals surface area contributed by atoms with E-state index in [0.29, 0.717) is 17.1 Å². The SMILES string of the molecule is COc1ccc(-n2nnc3c(=O)n(CC(N)=O)cnc32)cc1. The van der Waals surface area contributed by atoms with Crippen LogP contribution in [0.4, 0.5) is 0 Å². The number of fused-ring (bicyclic) bond motifs is 1. The van der Waals surface area contributed by atoms with Gasteiger partial charge in [-0.05, 0) is 24.3 Å². The van der Waals surface area contributed by atoms with Crippen LogP contribution < -0.4 is 16.0 Å². The lowest BCUT2D eigenvalue weighted by Gasteiger charge is -2.04. The van der Waals surface area contributed by atoms with Crippen LogP contribution in [-0.2, 0) is 11.3 Å². The molecule has 0 saturated carbocycles. The molecule has 2 aromatic heterocycles. The smallest absolute Gasteiger partial charge is 0.284 e. The van der Waals surface area contributed by atoms with Gasteiger partial charge in [-0.2, -0.15) is 4.68 Å². The fourth-order valence-corrected chi connectivity index (χ4v) is 2.02. The lowest BCUT2D eigenvalue weighted by molar-refractivity contribution is -0.118. The van der Waals surface area contributed by atoms with Crippen molar-refractivity contribution in [2.24, 2.45) is 5.73 Å². The van der Waals surface area contributed by atoms with Gasteiger partial charge in [0.05, 0.1) is 12.8 Å². The minimum atomic E-state index is -0.634. The van der Waals surface area contributed by atoms with Gasteiger partial charge in [0.2, 0.25) is 5.91 Å². The van der Waals surface area contributed by atoms with Crippen LogP contribution in [-0.4, -0.2) is 37.6 Å². The van der Waals surface area contributed by atoms with Crippen molar-refractivity contribution in [1.82, 2.24) is 24.5 Å². The molecule has 1 amide bonds. The quantitative estimate of drug-likeness (QED) is 0.692. The molecular formula is C13H12N6O3. The molecule has 0 aliphatic rings. The fraction of sp³-hybridized carbons (Fsp3) is 0.154. The van der Waals surface area contributed by atoms with Crippen LogP contribution in [0.25, 0.3) is 16.9 Å². The number of aromatic nitrogens is 5. The molecule has 0 saturated heterocycles. The average Bonchev–Trinajstić information content (AvgIpc) is 2.94. The first kappa shape index (κ1) is 13.7. The van der Waals surface area contributed by atoms with Crippen molar-refractivity contribution in [3.63, 3.8) is 0 Å². The highest BCUT2D eigenvalue weighted by molar-refractivity contribution is 5.74. The molecule has 0 bridgehead atoms. The van der Waals surface area contributed by atoms with Crippen molar-refractivity contribution in [1.29, 1.82) is 0 Å². The summed E-state index contributed by atoms with van der Waals surface area (Å²) in [7, 11) is 1.57. The van der Waals surface area contributed by atoms with Gasteiger partial charge >= 0.3 is 0 Å². The molecule has 0 fully saturated rings. The Morgan fingerprint density at radius 2 is 2.05 bits per heavy atom. The number of rotatable bonds is 4. The number of amides is 1. The molecule has 0 radical (unpaired) electrons. The zero-order valence-corrected chi connectivity index (χ0v) is 11.6. The molecule has 0 atom stereocenters. The number of nitrogens with two attached hydrogens (primary N) is 1. The number of ether oxygens (including phenoxy) is 1. The Morgan fingerprint density at radius 1 is 1.32 bits per heavy atom. The molecule has 9 nitrogen and oxygen atoms in total. The summed E-state index contributed by atoms with van der Waals surface area (Å²) in [5.41, 5.74) is 5.67. The van der Waals surface area contributed by atoms with Crippen LogP contribution in [0.2, 0.25) is 0 Å². The molecule has 1 aromatic carbocycles. The van der Waals surface area contributed by atoms with Crippen LogP contribution in [0.3, 0.4) is 0 Å². The lowest BCUT2D eigenvalue weighted by Crippen LogP contribution is -2.28. The fourth-order valence-electron chi connectivity index (χ4n) is 2.02. The van der Waals surface area contributed by atoms with Crippen molar-refractivity contribution in [3.8, 4) is 11.4 Å². The number of nitrogens with zero attached hydrogens (tertiary/aromatic N) is 5. The summed E-state index contributed by atoms with van der Waals surface area (Å²) in [6.07, 6.45) is 1.25. The Hall–Kier alpha value is -3.23. The number of hydrogen-bond donors (Lipinski definition) is 1. The van der Waals surface area contributed by atoms with E-state index in [0.717, 1.165) is 4.57 Å². The van der Waals surface area contributed by atoms with Gasteiger partial charge in [-0.15, -0.1) is 5.10 Å². The maximum absolute atomic E-state index is 12.2. The Bertz CT molecular complexity index is 896. The standard InChI is InChI=1S/C13H12N6O3/c1-22-9-4-2-8(3-5-9)19-12-11(16-17-19)13(21)18(7-15-12)6-10(14)20/h2-5,7H,6H2,1H3,(H2,14,20). The third-order valence-corrected chi connectivity index (χ3v) is 3.07. The molecular weight excluding hydrogens is 288 g/mol. The van der Waals surface area contributed by atoms with E-state index in [1.807, 2.05) is 0 Å². The Balaban J connectivity index is 2.10. The summed E-state index contributed by atoms with van der Waals surface area (Å²) in [5.74, 6) is 0.0655. The lowest BCUT2D eigenvalue weighted by atomic mass is 10.3. The molecule has 0 spiro atoms. The van der Waals surface area contributed by atoms with E-state index in [9.17, 15) is 9.59 Å². The Kier molecular flexibility index (Phi) is 3.30. The summed E-state index contributed by atoms with van der Waals surface area (Å²) < 4.78 is 7.62. The number of benzene rings is 1. The van der Waals surface area contributed by atoms with Crippen LogP contribution in [0.5, 0.6) is 5.75 Å². The summed E-state index contributed by atoms with van der Waals surface area (Å²) in [5, 5.41) is 7.77. The van der Waals surface area contributed by atoms with Crippen molar-refractivity contribution in [3.05, 3.63) is 40.9 Å². The highest BCUT2D eigenvalue weighted by Gasteiger charge is 2.14. The van der Waals surface area contributed by atoms with Gasteiger partial charge in [0.15, 0.2) is 11.2 Å². The molecule has 112 valence electrons.